The number of hydrogen-bond acceptors (Lipinski definition) is 4. The van der Waals surface area contributed by atoms with Crippen LogP contribution in [0.1, 0.15) is 30.5 Å². The minimum Gasteiger partial charge on any atom is -0.353 e. The third-order valence-corrected chi connectivity index (χ3v) is 3.94. The van der Waals surface area contributed by atoms with Crippen molar-refractivity contribution in [2.75, 3.05) is 38.1 Å². The highest BCUT2D eigenvalue weighted by Crippen LogP contribution is 2.32. The number of likely N-dealkylation sites (N-methyl/N-ethyl adjacent to an activating group) is 1. The molecule has 0 N–H and O–H groups in total. The molecule has 2 aliphatic rings. The summed E-state index contributed by atoms with van der Waals surface area (Å²) in [5.74, 6) is 1.63. The number of allylic oxidation sites excluding steroid dienone is 1. The molecule has 2 heterocycles. The van der Waals surface area contributed by atoms with Crippen molar-refractivity contribution in [1.82, 2.24) is 14.9 Å². The van der Waals surface area contributed by atoms with E-state index < -0.39 is 0 Å². The van der Waals surface area contributed by atoms with Crippen LogP contribution in [-0.2, 0) is 0 Å². The second-order valence-corrected chi connectivity index (χ2v) is 5.33. The SMILES string of the molecule is CC1CC=Cc2c1ncnc2N1CCN(C)CC1. The summed E-state index contributed by atoms with van der Waals surface area (Å²) in [5, 5.41) is 0. The van der Waals surface area contributed by atoms with Crippen LogP contribution < -0.4 is 4.90 Å². The van der Waals surface area contributed by atoms with Gasteiger partial charge in [-0.15, -0.1) is 0 Å². The second-order valence-electron chi connectivity index (χ2n) is 5.33. The zero-order chi connectivity index (χ0) is 12.5. The number of piperazine rings is 1. The average Bonchev–Trinajstić information content (AvgIpc) is 2.40. The van der Waals surface area contributed by atoms with Crippen molar-refractivity contribution in [3.05, 3.63) is 23.7 Å². The molecule has 1 aromatic heterocycles. The second kappa shape index (κ2) is 4.69. The van der Waals surface area contributed by atoms with Crippen molar-refractivity contribution >= 4 is 11.9 Å². The van der Waals surface area contributed by atoms with Crippen LogP contribution in [0.15, 0.2) is 12.4 Å². The summed E-state index contributed by atoms with van der Waals surface area (Å²) in [6.45, 7) is 6.57. The summed E-state index contributed by atoms with van der Waals surface area (Å²) in [4.78, 5) is 13.7. The summed E-state index contributed by atoms with van der Waals surface area (Å²) >= 11 is 0. The number of hydrogen-bond donors (Lipinski definition) is 0. The summed E-state index contributed by atoms with van der Waals surface area (Å²) in [6, 6.07) is 0. The van der Waals surface area contributed by atoms with Crippen molar-refractivity contribution in [1.29, 1.82) is 0 Å². The van der Waals surface area contributed by atoms with Gasteiger partial charge in [-0.1, -0.05) is 19.1 Å². The minimum absolute atomic E-state index is 0.513. The maximum atomic E-state index is 4.52. The first-order chi connectivity index (χ1) is 8.75. The van der Waals surface area contributed by atoms with Gasteiger partial charge in [0.2, 0.25) is 0 Å². The third kappa shape index (κ3) is 2.01. The fourth-order valence-electron chi connectivity index (χ4n) is 2.72. The van der Waals surface area contributed by atoms with Gasteiger partial charge in [-0.05, 0) is 13.5 Å². The molecule has 1 saturated heterocycles. The molecule has 1 aliphatic carbocycles. The van der Waals surface area contributed by atoms with E-state index in [1.54, 1.807) is 6.33 Å². The van der Waals surface area contributed by atoms with Crippen molar-refractivity contribution in [3.63, 3.8) is 0 Å². The van der Waals surface area contributed by atoms with Crippen LogP contribution in [0.4, 0.5) is 5.82 Å². The van der Waals surface area contributed by atoms with Gasteiger partial charge < -0.3 is 9.80 Å². The maximum Gasteiger partial charge on any atom is 0.139 e. The zero-order valence-corrected chi connectivity index (χ0v) is 11.1. The molecule has 18 heavy (non-hydrogen) atoms. The number of rotatable bonds is 1. The summed E-state index contributed by atoms with van der Waals surface area (Å²) in [7, 11) is 2.18. The molecule has 1 fully saturated rings. The Labute approximate surface area is 108 Å². The Bertz CT molecular complexity index is 461. The molecule has 0 aromatic carbocycles. The highest BCUT2D eigenvalue weighted by molar-refractivity contribution is 5.68. The van der Waals surface area contributed by atoms with E-state index in [0.29, 0.717) is 5.92 Å². The number of fused-ring (bicyclic) bond motifs is 1. The lowest BCUT2D eigenvalue weighted by atomic mass is 9.93. The Balaban J connectivity index is 1.94. The van der Waals surface area contributed by atoms with E-state index in [2.05, 4.69) is 45.9 Å². The highest BCUT2D eigenvalue weighted by Gasteiger charge is 2.22. The molecule has 96 valence electrons. The summed E-state index contributed by atoms with van der Waals surface area (Å²) in [6.07, 6.45) is 7.26. The molecule has 3 rings (SSSR count). The van der Waals surface area contributed by atoms with Gasteiger partial charge in [-0.25, -0.2) is 9.97 Å². The Morgan fingerprint density at radius 2 is 1.94 bits per heavy atom. The number of nitrogens with zero attached hydrogens (tertiary/aromatic N) is 4. The first-order valence-corrected chi connectivity index (χ1v) is 6.70. The monoisotopic (exact) mass is 244 g/mol. The van der Waals surface area contributed by atoms with E-state index >= 15 is 0 Å². The minimum atomic E-state index is 0.513. The zero-order valence-electron chi connectivity index (χ0n) is 11.1. The van der Waals surface area contributed by atoms with Crippen LogP contribution in [0.5, 0.6) is 0 Å². The molecular formula is C14H20N4. The summed E-state index contributed by atoms with van der Waals surface area (Å²) in [5.41, 5.74) is 2.45. The molecule has 0 radical (unpaired) electrons. The quantitative estimate of drug-likeness (QED) is 0.753. The first-order valence-electron chi connectivity index (χ1n) is 6.70. The van der Waals surface area contributed by atoms with Crippen LogP contribution >= 0.6 is 0 Å². The van der Waals surface area contributed by atoms with Gasteiger partial charge in [-0.3, -0.25) is 0 Å². The molecule has 1 aromatic rings. The van der Waals surface area contributed by atoms with Gasteiger partial charge in [0, 0.05) is 37.7 Å². The fraction of sp³-hybridized carbons (Fsp3) is 0.571. The number of aromatic nitrogens is 2. The Hall–Kier alpha value is -1.42. The van der Waals surface area contributed by atoms with Gasteiger partial charge in [0.25, 0.3) is 0 Å². The largest absolute Gasteiger partial charge is 0.353 e. The predicted octanol–water partition coefficient (Wildman–Crippen LogP) is 1.75. The predicted molar refractivity (Wildman–Crippen MR) is 73.8 cm³/mol. The smallest absolute Gasteiger partial charge is 0.139 e. The molecule has 0 saturated carbocycles. The topological polar surface area (TPSA) is 32.3 Å². The van der Waals surface area contributed by atoms with E-state index in [1.165, 1.54) is 11.3 Å². The van der Waals surface area contributed by atoms with E-state index in [4.69, 9.17) is 0 Å². The van der Waals surface area contributed by atoms with Gasteiger partial charge in [0.15, 0.2) is 0 Å². The molecule has 1 atom stereocenters. The Morgan fingerprint density at radius 1 is 1.17 bits per heavy atom. The van der Waals surface area contributed by atoms with Gasteiger partial charge in [0.05, 0.1) is 5.69 Å². The summed E-state index contributed by atoms with van der Waals surface area (Å²) < 4.78 is 0. The fourth-order valence-corrected chi connectivity index (χ4v) is 2.72. The molecule has 1 unspecified atom stereocenters. The lowest BCUT2D eigenvalue weighted by molar-refractivity contribution is 0.312. The van der Waals surface area contributed by atoms with Gasteiger partial charge >= 0.3 is 0 Å². The molecule has 0 amide bonds. The van der Waals surface area contributed by atoms with E-state index in [0.717, 1.165) is 38.4 Å². The van der Waals surface area contributed by atoms with Crippen LogP contribution in [0, 0.1) is 0 Å². The van der Waals surface area contributed by atoms with Gasteiger partial charge in [-0.2, -0.15) is 0 Å². The lowest BCUT2D eigenvalue weighted by Gasteiger charge is -2.34. The van der Waals surface area contributed by atoms with Crippen molar-refractivity contribution in [2.24, 2.45) is 0 Å². The number of anilines is 1. The van der Waals surface area contributed by atoms with Crippen LogP contribution in [0.2, 0.25) is 0 Å². The Kier molecular flexibility index (Phi) is 3.04. The van der Waals surface area contributed by atoms with Gasteiger partial charge in [0.1, 0.15) is 12.1 Å². The van der Waals surface area contributed by atoms with Crippen molar-refractivity contribution in [3.8, 4) is 0 Å². The standard InChI is InChI=1S/C14H20N4/c1-11-4-3-5-12-13(11)15-10-16-14(12)18-8-6-17(2)7-9-18/h3,5,10-11H,4,6-9H2,1-2H3. The maximum absolute atomic E-state index is 4.52. The highest BCUT2D eigenvalue weighted by atomic mass is 15.3. The molecule has 1 aliphatic heterocycles. The molecule has 0 spiro atoms. The molecule has 0 bridgehead atoms. The van der Waals surface area contributed by atoms with Crippen molar-refractivity contribution in [2.45, 2.75) is 19.3 Å². The van der Waals surface area contributed by atoms with Crippen LogP contribution in [0.3, 0.4) is 0 Å². The first kappa shape index (κ1) is 11.7. The molecular weight excluding hydrogens is 224 g/mol. The lowest BCUT2D eigenvalue weighted by Crippen LogP contribution is -2.45. The van der Waals surface area contributed by atoms with Crippen LogP contribution in [0.25, 0.3) is 6.08 Å². The third-order valence-electron chi connectivity index (χ3n) is 3.94. The molecule has 4 nitrogen and oxygen atoms in total. The van der Waals surface area contributed by atoms with Crippen LogP contribution in [-0.4, -0.2) is 48.1 Å². The van der Waals surface area contributed by atoms with Crippen molar-refractivity contribution < 1.29 is 0 Å². The average molecular weight is 244 g/mol. The molecule has 4 heteroatoms. The Morgan fingerprint density at radius 3 is 2.72 bits per heavy atom. The normalized spacial score (nSPS) is 24.1. The van der Waals surface area contributed by atoms with E-state index in [9.17, 15) is 0 Å². The van der Waals surface area contributed by atoms with E-state index in [1.807, 2.05) is 0 Å². The van der Waals surface area contributed by atoms with E-state index in [-0.39, 0.29) is 0 Å².